The predicted octanol–water partition coefficient (Wildman–Crippen LogP) is 3.50. The van der Waals surface area contributed by atoms with Gasteiger partial charge in [-0.25, -0.2) is 0 Å². The maximum atomic E-state index is 12.7. The number of hydrogen-bond donors (Lipinski definition) is 0. The molecule has 0 aliphatic carbocycles. The number of carbonyl (C=O) groups excluding carboxylic acids is 2. The summed E-state index contributed by atoms with van der Waals surface area (Å²) in [5.74, 6) is 0.884. The van der Waals surface area contributed by atoms with Gasteiger partial charge >= 0.3 is 0 Å². The average molecular weight is 337 g/mol. The summed E-state index contributed by atoms with van der Waals surface area (Å²) in [6.45, 7) is 0.661. The van der Waals surface area contributed by atoms with Crippen molar-refractivity contribution in [1.82, 2.24) is 4.90 Å². The lowest BCUT2D eigenvalue weighted by Crippen LogP contribution is -2.40. The number of rotatable bonds is 6. The molecule has 3 rings (SSSR count). The summed E-state index contributed by atoms with van der Waals surface area (Å²) < 4.78 is 5.34. The third kappa shape index (κ3) is 3.90. The lowest BCUT2D eigenvalue weighted by atomic mass is 10.0. The lowest BCUT2D eigenvalue weighted by molar-refractivity contribution is -0.131. The van der Waals surface area contributed by atoms with Crippen LogP contribution in [-0.4, -0.2) is 36.3 Å². The van der Waals surface area contributed by atoms with Gasteiger partial charge < -0.3 is 9.64 Å². The number of ether oxygens (including phenoxy) is 1. The first-order valence-electron chi connectivity index (χ1n) is 8.71. The molecule has 1 aliphatic heterocycles. The zero-order valence-electron chi connectivity index (χ0n) is 14.5. The summed E-state index contributed by atoms with van der Waals surface area (Å²) in [6.07, 6.45) is 2.63. The van der Waals surface area contributed by atoms with Gasteiger partial charge in [-0.1, -0.05) is 48.5 Å². The van der Waals surface area contributed by atoms with E-state index in [9.17, 15) is 9.59 Å². The van der Waals surface area contributed by atoms with Crippen molar-refractivity contribution in [3.05, 3.63) is 65.7 Å². The van der Waals surface area contributed by atoms with E-state index in [1.807, 2.05) is 54.6 Å². The molecule has 1 heterocycles. The van der Waals surface area contributed by atoms with Gasteiger partial charge in [-0.15, -0.1) is 0 Å². The number of methoxy groups -OCH3 is 1. The van der Waals surface area contributed by atoms with Gasteiger partial charge in [-0.05, 0) is 30.9 Å². The molecule has 0 radical (unpaired) electrons. The molecule has 0 N–H and O–H groups in total. The van der Waals surface area contributed by atoms with Gasteiger partial charge in [0, 0.05) is 18.5 Å². The van der Waals surface area contributed by atoms with E-state index in [1.54, 1.807) is 12.0 Å². The van der Waals surface area contributed by atoms with E-state index >= 15 is 0 Å². The standard InChI is InChI=1S/C21H23NO3/c1-25-19-12-6-5-8-16(19)13-14-20(23)22-15-7-11-18(22)21(24)17-9-3-2-4-10-17/h2-6,8-10,12,18H,7,11,13-15H2,1H3. The maximum absolute atomic E-state index is 12.7. The van der Waals surface area contributed by atoms with Crippen LogP contribution in [0.4, 0.5) is 0 Å². The Balaban J connectivity index is 1.66. The minimum Gasteiger partial charge on any atom is -0.496 e. The maximum Gasteiger partial charge on any atom is 0.223 e. The van der Waals surface area contributed by atoms with Crippen LogP contribution in [0.5, 0.6) is 5.75 Å². The van der Waals surface area contributed by atoms with Crippen molar-refractivity contribution in [2.45, 2.75) is 31.7 Å². The number of amides is 1. The second-order valence-electron chi connectivity index (χ2n) is 6.29. The van der Waals surface area contributed by atoms with Crippen LogP contribution in [0.3, 0.4) is 0 Å². The number of nitrogens with zero attached hydrogens (tertiary/aromatic N) is 1. The fourth-order valence-electron chi connectivity index (χ4n) is 3.43. The van der Waals surface area contributed by atoms with Gasteiger partial charge in [0.15, 0.2) is 5.78 Å². The number of para-hydroxylation sites is 1. The second-order valence-corrected chi connectivity index (χ2v) is 6.29. The normalized spacial score (nSPS) is 16.7. The number of hydrogen-bond acceptors (Lipinski definition) is 3. The van der Waals surface area contributed by atoms with Crippen molar-refractivity contribution < 1.29 is 14.3 Å². The third-order valence-electron chi connectivity index (χ3n) is 4.73. The molecule has 25 heavy (non-hydrogen) atoms. The van der Waals surface area contributed by atoms with Crippen LogP contribution in [0.1, 0.15) is 35.2 Å². The molecule has 1 aliphatic rings. The molecule has 0 saturated carbocycles. The topological polar surface area (TPSA) is 46.6 Å². The summed E-state index contributed by atoms with van der Waals surface area (Å²) in [6, 6.07) is 16.6. The molecular weight excluding hydrogens is 314 g/mol. The molecule has 2 aromatic rings. The molecule has 4 heteroatoms. The van der Waals surface area contributed by atoms with Crippen LogP contribution >= 0.6 is 0 Å². The fraction of sp³-hybridized carbons (Fsp3) is 0.333. The van der Waals surface area contributed by atoms with E-state index in [-0.39, 0.29) is 17.7 Å². The first kappa shape index (κ1) is 17.2. The van der Waals surface area contributed by atoms with E-state index in [1.165, 1.54) is 0 Å². The highest BCUT2D eigenvalue weighted by atomic mass is 16.5. The quantitative estimate of drug-likeness (QED) is 0.758. The van der Waals surface area contributed by atoms with Crippen LogP contribution in [0.15, 0.2) is 54.6 Å². The Morgan fingerprint density at radius 2 is 1.80 bits per heavy atom. The number of benzene rings is 2. The number of Topliss-reactive ketones (excluding diaryl/α,β-unsaturated/α-hetero) is 1. The van der Waals surface area contributed by atoms with Gasteiger partial charge in [0.1, 0.15) is 5.75 Å². The summed E-state index contributed by atoms with van der Waals surface area (Å²) in [5, 5.41) is 0. The Bertz CT molecular complexity index is 742. The highest BCUT2D eigenvalue weighted by molar-refractivity contribution is 6.02. The van der Waals surface area contributed by atoms with E-state index in [2.05, 4.69) is 0 Å². The van der Waals surface area contributed by atoms with E-state index in [0.717, 1.165) is 24.2 Å². The Morgan fingerprint density at radius 3 is 2.56 bits per heavy atom. The summed E-state index contributed by atoms with van der Waals surface area (Å²) in [7, 11) is 1.63. The average Bonchev–Trinajstić information content (AvgIpc) is 3.16. The third-order valence-corrected chi connectivity index (χ3v) is 4.73. The molecule has 1 unspecified atom stereocenters. The Morgan fingerprint density at radius 1 is 1.08 bits per heavy atom. The number of ketones is 1. The lowest BCUT2D eigenvalue weighted by Gasteiger charge is -2.24. The van der Waals surface area contributed by atoms with Crippen molar-refractivity contribution in [2.75, 3.05) is 13.7 Å². The number of likely N-dealkylation sites (tertiary alicyclic amines) is 1. The van der Waals surface area contributed by atoms with Crippen LogP contribution in [0.2, 0.25) is 0 Å². The Hall–Kier alpha value is -2.62. The highest BCUT2D eigenvalue weighted by Gasteiger charge is 2.34. The monoisotopic (exact) mass is 337 g/mol. The van der Waals surface area contributed by atoms with Gasteiger partial charge in [-0.3, -0.25) is 9.59 Å². The number of carbonyl (C=O) groups is 2. The van der Waals surface area contributed by atoms with Crippen molar-refractivity contribution in [3.63, 3.8) is 0 Å². The Labute approximate surface area is 148 Å². The Kier molecular flexibility index (Phi) is 5.49. The molecule has 4 nitrogen and oxygen atoms in total. The fourth-order valence-corrected chi connectivity index (χ4v) is 3.43. The van der Waals surface area contributed by atoms with Crippen molar-refractivity contribution in [2.24, 2.45) is 0 Å². The van der Waals surface area contributed by atoms with Crippen molar-refractivity contribution >= 4 is 11.7 Å². The minimum atomic E-state index is -0.326. The van der Waals surface area contributed by atoms with Crippen LogP contribution in [0, 0.1) is 0 Å². The van der Waals surface area contributed by atoms with Crippen molar-refractivity contribution in [1.29, 1.82) is 0 Å². The smallest absolute Gasteiger partial charge is 0.223 e. The molecule has 1 fully saturated rings. The highest BCUT2D eigenvalue weighted by Crippen LogP contribution is 2.24. The van der Waals surface area contributed by atoms with Crippen LogP contribution < -0.4 is 4.74 Å². The predicted molar refractivity (Wildman–Crippen MR) is 96.8 cm³/mol. The molecule has 0 bridgehead atoms. The van der Waals surface area contributed by atoms with Crippen LogP contribution in [-0.2, 0) is 11.2 Å². The SMILES string of the molecule is COc1ccccc1CCC(=O)N1CCCC1C(=O)c1ccccc1. The summed E-state index contributed by atoms with van der Waals surface area (Å²) >= 11 is 0. The molecule has 130 valence electrons. The van der Waals surface area contributed by atoms with Crippen molar-refractivity contribution in [3.8, 4) is 5.75 Å². The largest absolute Gasteiger partial charge is 0.496 e. The van der Waals surface area contributed by atoms with Gasteiger partial charge in [-0.2, -0.15) is 0 Å². The molecule has 1 amide bonds. The minimum absolute atomic E-state index is 0.0395. The first-order valence-corrected chi connectivity index (χ1v) is 8.71. The van der Waals surface area contributed by atoms with Crippen LogP contribution in [0.25, 0.3) is 0 Å². The zero-order chi connectivity index (χ0) is 17.6. The summed E-state index contributed by atoms with van der Waals surface area (Å²) in [5.41, 5.74) is 1.69. The summed E-state index contributed by atoms with van der Waals surface area (Å²) in [4.78, 5) is 27.2. The molecule has 0 spiro atoms. The molecule has 1 atom stereocenters. The van der Waals surface area contributed by atoms with Gasteiger partial charge in [0.25, 0.3) is 0 Å². The second kappa shape index (κ2) is 7.97. The molecule has 0 aromatic heterocycles. The zero-order valence-corrected chi connectivity index (χ0v) is 14.5. The van der Waals surface area contributed by atoms with Gasteiger partial charge in [0.05, 0.1) is 13.2 Å². The molecule has 2 aromatic carbocycles. The van der Waals surface area contributed by atoms with Gasteiger partial charge in [0.2, 0.25) is 5.91 Å². The number of aryl methyl sites for hydroxylation is 1. The molecular formula is C21H23NO3. The van der Waals surface area contributed by atoms with E-state index in [4.69, 9.17) is 4.74 Å². The van der Waals surface area contributed by atoms with E-state index < -0.39 is 0 Å². The van der Waals surface area contributed by atoms with E-state index in [0.29, 0.717) is 24.9 Å². The first-order chi connectivity index (χ1) is 12.2. The molecule has 1 saturated heterocycles.